The molecule has 0 amide bonds. The number of piperidine rings is 1. The Labute approximate surface area is 177 Å². The summed E-state index contributed by atoms with van der Waals surface area (Å²) in [6.07, 6.45) is 4.71. The number of anilines is 1. The zero-order chi connectivity index (χ0) is 20.4. The number of aromatic amines is 1. The number of para-hydroxylation sites is 1. The molecule has 1 atom stereocenters. The van der Waals surface area contributed by atoms with Gasteiger partial charge in [0.15, 0.2) is 5.15 Å². The van der Waals surface area contributed by atoms with Crippen molar-refractivity contribution in [1.82, 2.24) is 19.6 Å². The Morgan fingerprint density at radius 3 is 2.76 bits per heavy atom. The van der Waals surface area contributed by atoms with Gasteiger partial charge in [-0.2, -0.15) is 4.72 Å². The Morgan fingerprint density at radius 1 is 1.24 bits per heavy atom. The van der Waals surface area contributed by atoms with E-state index >= 15 is 0 Å². The highest BCUT2D eigenvalue weighted by Crippen LogP contribution is 2.31. The molecule has 1 fully saturated rings. The second kappa shape index (κ2) is 8.63. The third kappa shape index (κ3) is 4.60. The number of aromatic nitrogens is 2. The molecule has 3 heterocycles. The quantitative estimate of drug-likeness (QED) is 0.644. The number of nitrogens with zero attached hydrogens (tertiary/aromatic N) is 2. The van der Waals surface area contributed by atoms with E-state index in [2.05, 4.69) is 31.8 Å². The second-order valence-corrected chi connectivity index (χ2v) is 9.95. The van der Waals surface area contributed by atoms with Gasteiger partial charge in [0.1, 0.15) is 10.7 Å². The molecule has 4 rings (SSSR count). The van der Waals surface area contributed by atoms with Crippen LogP contribution in [0.5, 0.6) is 0 Å². The predicted molar refractivity (Wildman–Crippen MR) is 114 cm³/mol. The third-order valence-electron chi connectivity index (χ3n) is 5.80. The van der Waals surface area contributed by atoms with Gasteiger partial charge in [0.2, 0.25) is 10.0 Å². The average Bonchev–Trinajstić information content (AvgIpc) is 3.05. The number of hydrogen-bond donors (Lipinski definition) is 3. The highest BCUT2D eigenvalue weighted by Gasteiger charge is 2.35. The first-order valence-electron chi connectivity index (χ1n) is 10.3. The molecule has 0 aliphatic carbocycles. The van der Waals surface area contributed by atoms with Crippen molar-refractivity contribution in [3.8, 4) is 0 Å². The molecule has 158 valence electrons. The van der Waals surface area contributed by atoms with E-state index in [1.54, 1.807) is 12.1 Å². The fourth-order valence-corrected chi connectivity index (χ4v) is 5.73. The molecule has 0 radical (unpaired) electrons. The Balaban J connectivity index is 1.35. The summed E-state index contributed by atoms with van der Waals surface area (Å²) >= 11 is 6.32. The number of aryl methyl sites for hydroxylation is 1. The van der Waals surface area contributed by atoms with E-state index < -0.39 is 10.0 Å². The lowest BCUT2D eigenvalue weighted by Crippen LogP contribution is -2.51. The highest BCUT2D eigenvalue weighted by molar-refractivity contribution is 7.89. The molecule has 2 aliphatic heterocycles. The number of fused-ring (bicyclic) bond motifs is 1. The largest absolute Gasteiger partial charge is 0.368 e. The number of halogens is 1. The number of likely N-dealkylation sites (tertiary alicyclic amines) is 1. The maximum Gasteiger partial charge on any atom is 0.244 e. The van der Waals surface area contributed by atoms with Crippen LogP contribution in [0.4, 0.5) is 5.69 Å². The Hall–Kier alpha value is -1.61. The SMILES string of the molecule is CCCCc1nc(Cl)c(CN2CCC(C3Nc4ccccc4S(=O)(=O)N3)CC2)[nH]1. The molecule has 0 spiro atoms. The van der Waals surface area contributed by atoms with E-state index in [9.17, 15) is 8.42 Å². The van der Waals surface area contributed by atoms with Crippen molar-refractivity contribution in [1.29, 1.82) is 0 Å². The van der Waals surface area contributed by atoms with Crippen LogP contribution in [0.25, 0.3) is 0 Å². The fraction of sp³-hybridized carbons (Fsp3) is 0.550. The first-order valence-corrected chi connectivity index (χ1v) is 12.2. The first kappa shape index (κ1) is 20.7. The summed E-state index contributed by atoms with van der Waals surface area (Å²) in [5, 5.41) is 3.94. The van der Waals surface area contributed by atoms with Crippen molar-refractivity contribution in [2.24, 2.45) is 5.92 Å². The van der Waals surface area contributed by atoms with Crippen molar-refractivity contribution >= 4 is 27.3 Å². The van der Waals surface area contributed by atoms with E-state index in [-0.39, 0.29) is 12.1 Å². The molecule has 2 aliphatic rings. The zero-order valence-corrected chi connectivity index (χ0v) is 18.2. The molecule has 0 saturated carbocycles. The maximum absolute atomic E-state index is 12.6. The molecule has 7 nitrogen and oxygen atoms in total. The molecule has 1 saturated heterocycles. The summed E-state index contributed by atoms with van der Waals surface area (Å²) in [4.78, 5) is 10.5. The van der Waals surface area contributed by atoms with Crippen molar-refractivity contribution in [3.63, 3.8) is 0 Å². The van der Waals surface area contributed by atoms with Crippen LogP contribution in [-0.2, 0) is 23.0 Å². The van der Waals surface area contributed by atoms with E-state index in [4.69, 9.17) is 11.6 Å². The molecule has 0 bridgehead atoms. The van der Waals surface area contributed by atoms with Crippen molar-refractivity contribution in [2.45, 2.75) is 56.6 Å². The molecule has 9 heteroatoms. The van der Waals surface area contributed by atoms with Crippen LogP contribution < -0.4 is 10.0 Å². The molecule has 3 N–H and O–H groups in total. The number of benzene rings is 1. The van der Waals surface area contributed by atoms with Gasteiger partial charge < -0.3 is 10.3 Å². The minimum absolute atomic E-state index is 0.242. The smallest absolute Gasteiger partial charge is 0.244 e. The van der Waals surface area contributed by atoms with Crippen LogP contribution in [0.3, 0.4) is 0 Å². The monoisotopic (exact) mass is 437 g/mol. The van der Waals surface area contributed by atoms with Crippen LogP contribution >= 0.6 is 11.6 Å². The average molecular weight is 438 g/mol. The van der Waals surface area contributed by atoms with Gasteiger partial charge in [0.05, 0.1) is 17.5 Å². The summed E-state index contributed by atoms with van der Waals surface area (Å²) in [5.41, 5.74) is 1.66. The van der Waals surface area contributed by atoms with Gasteiger partial charge >= 0.3 is 0 Å². The lowest BCUT2D eigenvalue weighted by Gasteiger charge is -2.38. The Bertz CT molecular complexity index is 954. The number of sulfonamides is 1. The van der Waals surface area contributed by atoms with Crippen LogP contribution in [0.1, 0.15) is 44.1 Å². The Morgan fingerprint density at radius 2 is 2.00 bits per heavy atom. The first-order chi connectivity index (χ1) is 14.0. The van der Waals surface area contributed by atoms with Crippen molar-refractivity contribution in [3.05, 3.63) is 40.9 Å². The topological polar surface area (TPSA) is 90.1 Å². The van der Waals surface area contributed by atoms with Gasteiger partial charge in [-0.1, -0.05) is 37.1 Å². The van der Waals surface area contributed by atoms with E-state index in [1.807, 2.05) is 12.1 Å². The van der Waals surface area contributed by atoms with Gasteiger partial charge in [0.25, 0.3) is 0 Å². The van der Waals surface area contributed by atoms with Gasteiger partial charge in [0, 0.05) is 13.0 Å². The number of hydrogen-bond acceptors (Lipinski definition) is 5. The minimum Gasteiger partial charge on any atom is -0.368 e. The maximum atomic E-state index is 12.6. The molecule has 1 aromatic heterocycles. The molecule has 2 aromatic rings. The van der Waals surface area contributed by atoms with Crippen LogP contribution in [0.2, 0.25) is 5.15 Å². The van der Waals surface area contributed by atoms with Crippen LogP contribution in [0, 0.1) is 5.92 Å². The van der Waals surface area contributed by atoms with E-state index in [0.717, 1.165) is 63.3 Å². The lowest BCUT2D eigenvalue weighted by atomic mass is 9.93. The van der Waals surface area contributed by atoms with Gasteiger partial charge in [-0.15, -0.1) is 0 Å². The number of H-pyrrole nitrogens is 1. The van der Waals surface area contributed by atoms with E-state index in [0.29, 0.717) is 15.7 Å². The summed E-state index contributed by atoms with van der Waals surface area (Å²) in [7, 11) is -3.47. The molecule has 1 unspecified atom stereocenters. The second-order valence-electron chi connectivity index (χ2n) is 7.91. The van der Waals surface area contributed by atoms with E-state index in [1.165, 1.54) is 0 Å². The summed E-state index contributed by atoms with van der Waals surface area (Å²) in [5.74, 6) is 1.20. The molecular formula is C20H28ClN5O2S. The normalized spacial score (nSPS) is 22.2. The van der Waals surface area contributed by atoms with Crippen molar-refractivity contribution in [2.75, 3.05) is 18.4 Å². The van der Waals surface area contributed by atoms with Crippen LogP contribution in [0.15, 0.2) is 29.2 Å². The number of unbranched alkanes of at least 4 members (excludes halogenated alkanes) is 1. The van der Waals surface area contributed by atoms with Crippen LogP contribution in [-0.4, -0.2) is 42.5 Å². The summed E-state index contributed by atoms with van der Waals surface area (Å²) in [6.45, 7) is 4.70. The third-order valence-corrected chi connectivity index (χ3v) is 7.61. The van der Waals surface area contributed by atoms with Gasteiger partial charge in [-0.05, 0) is 50.4 Å². The van der Waals surface area contributed by atoms with Gasteiger partial charge in [-0.3, -0.25) is 4.90 Å². The fourth-order valence-electron chi connectivity index (χ4n) is 4.14. The molecule has 1 aromatic carbocycles. The lowest BCUT2D eigenvalue weighted by molar-refractivity contribution is 0.162. The number of nitrogens with one attached hydrogen (secondary N) is 3. The zero-order valence-electron chi connectivity index (χ0n) is 16.6. The summed E-state index contributed by atoms with van der Waals surface area (Å²) < 4.78 is 27.9. The minimum atomic E-state index is -3.47. The summed E-state index contributed by atoms with van der Waals surface area (Å²) in [6, 6.07) is 7.06. The predicted octanol–water partition coefficient (Wildman–Crippen LogP) is 3.35. The molecular weight excluding hydrogens is 410 g/mol. The number of rotatable bonds is 6. The highest BCUT2D eigenvalue weighted by atomic mass is 35.5. The molecule has 29 heavy (non-hydrogen) atoms. The van der Waals surface area contributed by atoms with Gasteiger partial charge in [-0.25, -0.2) is 13.4 Å². The van der Waals surface area contributed by atoms with Crippen molar-refractivity contribution < 1.29 is 8.42 Å². The Kier molecular flexibility index (Phi) is 6.15. The number of imidazole rings is 1. The standard InChI is InChI=1S/C20H28ClN5O2S/c1-2-3-8-18-22-16(19(21)24-18)13-26-11-9-14(10-12-26)20-23-15-6-4-5-7-17(15)29(27,28)25-20/h4-7,14,20,23,25H,2-3,8-13H2,1H3,(H,22,24).